The van der Waals surface area contributed by atoms with E-state index in [1.807, 2.05) is 30.3 Å². The van der Waals surface area contributed by atoms with Gasteiger partial charge in [-0.3, -0.25) is 0 Å². The average Bonchev–Trinajstić information content (AvgIpc) is 2.89. The molecule has 1 aliphatic rings. The van der Waals surface area contributed by atoms with E-state index >= 15 is 0 Å². The molecule has 0 saturated carbocycles. The fourth-order valence-corrected chi connectivity index (χ4v) is 4.95. The standard InChI is InChI=1S/C23H23NO3S/c1-17-23(2,15-8-16-28(25,26)27)22-20-12-7-6-9-18(20)13-14-21(22)24(17)19-10-4-3-5-11-19/h3-7,9-14H,8,15-16H2,1-2H3. The Bertz CT molecular complexity index is 1180. The predicted molar refractivity (Wildman–Crippen MR) is 114 cm³/mol. The molecule has 1 unspecified atom stereocenters. The molecule has 144 valence electrons. The van der Waals surface area contributed by atoms with Crippen molar-refractivity contribution in [2.24, 2.45) is 0 Å². The first-order valence-electron chi connectivity index (χ1n) is 9.46. The number of benzene rings is 3. The van der Waals surface area contributed by atoms with Crippen LogP contribution in [0.1, 0.15) is 32.3 Å². The lowest BCUT2D eigenvalue weighted by Gasteiger charge is -2.23. The average molecular weight is 394 g/mol. The van der Waals surface area contributed by atoms with Gasteiger partial charge in [-0.1, -0.05) is 42.5 Å². The predicted octanol–water partition coefficient (Wildman–Crippen LogP) is 4.73. The van der Waals surface area contributed by atoms with Crippen molar-refractivity contribution in [1.29, 1.82) is 0 Å². The van der Waals surface area contributed by atoms with Crippen LogP contribution in [0.25, 0.3) is 10.8 Å². The molecule has 4 nitrogen and oxygen atoms in total. The van der Waals surface area contributed by atoms with Crippen molar-refractivity contribution >= 4 is 38.0 Å². The number of para-hydroxylation sites is 1. The molecule has 0 aromatic heterocycles. The molecule has 1 aliphatic heterocycles. The van der Waals surface area contributed by atoms with Crippen LogP contribution < -0.4 is 4.58 Å². The second-order valence-electron chi connectivity index (χ2n) is 7.63. The van der Waals surface area contributed by atoms with Gasteiger partial charge in [0.15, 0.2) is 5.71 Å². The number of nitrogens with zero attached hydrogens (tertiary/aromatic N) is 1. The zero-order chi connectivity index (χ0) is 19.9. The lowest BCUT2D eigenvalue weighted by molar-refractivity contribution is 0.456. The minimum absolute atomic E-state index is 0.332. The smallest absolute Gasteiger partial charge is 0.216 e. The summed E-state index contributed by atoms with van der Waals surface area (Å²) in [7, 11) is -4.22. The zero-order valence-corrected chi connectivity index (χ0v) is 16.9. The third kappa shape index (κ3) is 3.15. The first-order valence-corrected chi connectivity index (χ1v) is 11.0. The van der Waals surface area contributed by atoms with Gasteiger partial charge in [0.05, 0.1) is 15.5 Å². The highest BCUT2D eigenvalue weighted by atomic mass is 32.2. The minimum Gasteiger partial charge on any atom is -0.748 e. The van der Waals surface area contributed by atoms with Gasteiger partial charge < -0.3 is 4.55 Å². The summed E-state index contributed by atoms with van der Waals surface area (Å²) < 4.78 is 35.7. The Morgan fingerprint density at radius 2 is 1.64 bits per heavy atom. The lowest BCUT2D eigenvalue weighted by atomic mass is 9.74. The number of rotatable bonds is 5. The van der Waals surface area contributed by atoms with Gasteiger partial charge >= 0.3 is 0 Å². The SMILES string of the molecule is CC1=[N+](c2ccccc2)c2ccc3ccccc3c2C1(C)CCCS(=O)(=O)[O-]. The van der Waals surface area contributed by atoms with Crippen LogP contribution in [0.5, 0.6) is 0 Å². The van der Waals surface area contributed by atoms with Crippen LogP contribution >= 0.6 is 0 Å². The second kappa shape index (κ2) is 6.83. The monoisotopic (exact) mass is 393 g/mol. The molecule has 3 aromatic rings. The fraction of sp³-hybridized carbons (Fsp3) is 0.261. The summed E-state index contributed by atoms with van der Waals surface area (Å²) in [5.41, 5.74) is 4.20. The summed E-state index contributed by atoms with van der Waals surface area (Å²) in [5.74, 6) is -0.332. The van der Waals surface area contributed by atoms with Crippen molar-refractivity contribution in [3.05, 3.63) is 72.3 Å². The molecule has 1 atom stereocenters. The van der Waals surface area contributed by atoms with Crippen molar-refractivity contribution in [2.45, 2.75) is 32.1 Å². The normalized spacial score (nSPS) is 19.2. The summed E-state index contributed by atoms with van der Waals surface area (Å²) in [4.78, 5) is 0. The largest absolute Gasteiger partial charge is 0.748 e. The van der Waals surface area contributed by atoms with Crippen LogP contribution in [-0.2, 0) is 15.5 Å². The summed E-state index contributed by atoms with van der Waals surface area (Å²) in [6.07, 6.45) is 0.940. The van der Waals surface area contributed by atoms with Crippen LogP contribution in [0.2, 0.25) is 0 Å². The maximum absolute atomic E-state index is 11.2. The summed E-state index contributed by atoms with van der Waals surface area (Å²) in [5, 5.41) is 2.33. The molecular weight excluding hydrogens is 370 g/mol. The van der Waals surface area contributed by atoms with Crippen molar-refractivity contribution < 1.29 is 13.0 Å². The van der Waals surface area contributed by atoms with E-state index in [0.717, 1.165) is 22.5 Å². The number of fused-ring (bicyclic) bond motifs is 3. The molecule has 0 radical (unpaired) electrons. The lowest BCUT2D eigenvalue weighted by Crippen LogP contribution is -2.31. The molecule has 0 amide bonds. The molecule has 3 aromatic carbocycles. The molecule has 4 rings (SSSR count). The van der Waals surface area contributed by atoms with E-state index in [9.17, 15) is 13.0 Å². The van der Waals surface area contributed by atoms with Gasteiger partial charge in [-0.05, 0) is 36.6 Å². The molecule has 0 aliphatic carbocycles. The van der Waals surface area contributed by atoms with Crippen molar-refractivity contribution in [1.82, 2.24) is 4.58 Å². The Balaban J connectivity index is 1.92. The van der Waals surface area contributed by atoms with Crippen LogP contribution in [-0.4, -0.2) is 24.4 Å². The Morgan fingerprint density at radius 3 is 2.36 bits per heavy atom. The molecule has 28 heavy (non-hydrogen) atoms. The maximum Gasteiger partial charge on any atom is 0.216 e. The van der Waals surface area contributed by atoms with Crippen LogP contribution in [0.15, 0.2) is 66.7 Å². The highest BCUT2D eigenvalue weighted by Crippen LogP contribution is 2.47. The van der Waals surface area contributed by atoms with E-state index in [-0.39, 0.29) is 11.2 Å². The second-order valence-corrected chi connectivity index (χ2v) is 9.16. The van der Waals surface area contributed by atoms with E-state index in [1.165, 1.54) is 10.9 Å². The van der Waals surface area contributed by atoms with Gasteiger partial charge in [-0.2, -0.15) is 4.58 Å². The van der Waals surface area contributed by atoms with E-state index in [4.69, 9.17) is 0 Å². The fourth-order valence-electron chi connectivity index (χ4n) is 4.45. The molecule has 0 spiro atoms. The summed E-state index contributed by atoms with van der Waals surface area (Å²) >= 11 is 0. The Morgan fingerprint density at radius 1 is 0.964 bits per heavy atom. The van der Waals surface area contributed by atoms with E-state index in [0.29, 0.717) is 12.8 Å². The third-order valence-corrected chi connectivity index (χ3v) is 6.71. The Labute approximate surface area is 165 Å². The molecule has 1 heterocycles. The van der Waals surface area contributed by atoms with E-state index in [1.54, 1.807) is 0 Å². The molecular formula is C23H23NO3S. The van der Waals surface area contributed by atoms with Gasteiger partial charge in [-0.15, -0.1) is 0 Å². The highest BCUT2D eigenvalue weighted by Gasteiger charge is 2.47. The van der Waals surface area contributed by atoms with Gasteiger partial charge in [0.25, 0.3) is 0 Å². The maximum atomic E-state index is 11.2. The van der Waals surface area contributed by atoms with Gasteiger partial charge in [-0.25, -0.2) is 8.42 Å². The van der Waals surface area contributed by atoms with Crippen LogP contribution in [0.3, 0.4) is 0 Å². The van der Waals surface area contributed by atoms with E-state index < -0.39 is 10.1 Å². The Kier molecular flexibility index (Phi) is 4.60. The topological polar surface area (TPSA) is 60.2 Å². The van der Waals surface area contributed by atoms with E-state index in [2.05, 4.69) is 54.8 Å². The van der Waals surface area contributed by atoms with Crippen LogP contribution in [0.4, 0.5) is 11.4 Å². The van der Waals surface area contributed by atoms with Crippen LogP contribution in [0, 0.1) is 0 Å². The van der Waals surface area contributed by atoms with Gasteiger partial charge in [0, 0.05) is 36.4 Å². The first-order chi connectivity index (χ1) is 13.3. The van der Waals surface area contributed by atoms with Crippen molar-refractivity contribution in [3.63, 3.8) is 0 Å². The summed E-state index contributed by atoms with van der Waals surface area (Å²) in [6.45, 7) is 4.27. The Hall–Kier alpha value is -2.50. The van der Waals surface area contributed by atoms with Crippen molar-refractivity contribution in [2.75, 3.05) is 5.75 Å². The zero-order valence-electron chi connectivity index (χ0n) is 16.1. The molecule has 5 heteroatoms. The third-order valence-electron chi connectivity index (χ3n) is 5.92. The van der Waals surface area contributed by atoms with Gasteiger partial charge in [0.1, 0.15) is 0 Å². The molecule has 0 N–H and O–H groups in total. The summed E-state index contributed by atoms with van der Waals surface area (Å²) in [6, 6.07) is 22.7. The molecule has 0 bridgehead atoms. The number of hydrogen-bond donors (Lipinski definition) is 0. The highest BCUT2D eigenvalue weighted by molar-refractivity contribution is 7.85. The molecule has 0 fully saturated rings. The quantitative estimate of drug-likeness (QED) is 0.465. The number of hydrogen-bond acceptors (Lipinski definition) is 3. The first kappa shape index (κ1) is 18.8. The minimum atomic E-state index is -4.22. The van der Waals surface area contributed by atoms with Crippen molar-refractivity contribution in [3.8, 4) is 0 Å². The molecule has 0 saturated heterocycles. The van der Waals surface area contributed by atoms with Gasteiger partial charge in [0.2, 0.25) is 11.4 Å².